The predicted molar refractivity (Wildman–Crippen MR) is 74.0 cm³/mol. The smallest absolute Gasteiger partial charge is 0.227 e. The highest BCUT2D eigenvalue weighted by Crippen LogP contribution is 2.28. The zero-order valence-corrected chi connectivity index (χ0v) is 10.9. The van der Waals surface area contributed by atoms with Gasteiger partial charge in [-0.2, -0.15) is 0 Å². The summed E-state index contributed by atoms with van der Waals surface area (Å²) in [5.41, 5.74) is 1.73. The molecule has 19 heavy (non-hydrogen) atoms. The molecule has 1 heterocycles. The van der Waals surface area contributed by atoms with Gasteiger partial charge < -0.3 is 10.2 Å². The quantitative estimate of drug-likeness (QED) is 0.905. The van der Waals surface area contributed by atoms with Crippen molar-refractivity contribution < 1.29 is 9.59 Å². The summed E-state index contributed by atoms with van der Waals surface area (Å²) in [5.74, 6) is 0.502. The normalized spacial score (nSPS) is 19.4. The Kier molecular flexibility index (Phi) is 3.23. The molecule has 2 aliphatic rings. The predicted octanol–water partition coefficient (Wildman–Crippen LogP) is 2.55. The fraction of sp³-hybridized carbons (Fsp3) is 0.467. The Bertz CT molecular complexity index is 491. The first-order chi connectivity index (χ1) is 9.24. The molecule has 1 N–H and O–H groups in total. The van der Waals surface area contributed by atoms with E-state index in [0.717, 1.165) is 43.6 Å². The SMILES string of the molecule is O=C(Nc1ccc(N2CCCC2=O)cc1)C1CCC1. The van der Waals surface area contributed by atoms with Crippen molar-refractivity contribution in [3.8, 4) is 0 Å². The van der Waals surface area contributed by atoms with Crippen LogP contribution in [0.5, 0.6) is 0 Å². The van der Waals surface area contributed by atoms with E-state index in [1.807, 2.05) is 24.3 Å². The number of nitrogens with one attached hydrogen (secondary N) is 1. The van der Waals surface area contributed by atoms with E-state index in [2.05, 4.69) is 5.32 Å². The molecule has 100 valence electrons. The first-order valence-electron chi connectivity index (χ1n) is 6.95. The van der Waals surface area contributed by atoms with Crippen molar-refractivity contribution in [3.05, 3.63) is 24.3 Å². The zero-order chi connectivity index (χ0) is 13.2. The fourth-order valence-corrected chi connectivity index (χ4v) is 2.56. The van der Waals surface area contributed by atoms with Gasteiger partial charge in [0.15, 0.2) is 0 Å². The largest absolute Gasteiger partial charge is 0.326 e. The molecule has 0 aromatic heterocycles. The van der Waals surface area contributed by atoms with Crippen LogP contribution in [0.4, 0.5) is 11.4 Å². The van der Waals surface area contributed by atoms with E-state index in [1.165, 1.54) is 0 Å². The number of hydrogen-bond donors (Lipinski definition) is 1. The Morgan fingerprint density at radius 3 is 2.42 bits per heavy atom. The molecule has 0 atom stereocenters. The maximum atomic E-state index is 11.8. The van der Waals surface area contributed by atoms with Crippen molar-refractivity contribution in [2.24, 2.45) is 5.92 Å². The number of carbonyl (C=O) groups is 2. The van der Waals surface area contributed by atoms with E-state index < -0.39 is 0 Å². The highest BCUT2D eigenvalue weighted by atomic mass is 16.2. The number of amides is 2. The second-order valence-electron chi connectivity index (χ2n) is 5.31. The molecule has 4 heteroatoms. The van der Waals surface area contributed by atoms with Crippen LogP contribution in [0.3, 0.4) is 0 Å². The van der Waals surface area contributed by atoms with Crippen LogP contribution in [0.1, 0.15) is 32.1 Å². The third kappa shape index (κ3) is 2.48. The molecular weight excluding hydrogens is 240 g/mol. The fourth-order valence-electron chi connectivity index (χ4n) is 2.56. The van der Waals surface area contributed by atoms with Gasteiger partial charge in [-0.1, -0.05) is 6.42 Å². The van der Waals surface area contributed by atoms with Crippen molar-refractivity contribution in [2.45, 2.75) is 32.1 Å². The minimum atomic E-state index is 0.122. The molecule has 1 aromatic carbocycles. The van der Waals surface area contributed by atoms with E-state index in [0.29, 0.717) is 6.42 Å². The molecule has 1 saturated carbocycles. The Hall–Kier alpha value is -1.84. The van der Waals surface area contributed by atoms with Gasteiger partial charge in [-0.25, -0.2) is 0 Å². The maximum Gasteiger partial charge on any atom is 0.227 e. The van der Waals surface area contributed by atoms with E-state index in [9.17, 15) is 9.59 Å². The summed E-state index contributed by atoms with van der Waals surface area (Å²) in [6.45, 7) is 0.798. The van der Waals surface area contributed by atoms with Gasteiger partial charge >= 0.3 is 0 Å². The summed E-state index contributed by atoms with van der Waals surface area (Å²) in [4.78, 5) is 25.2. The lowest BCUT2D eigenvalue weighted by Crippen LogP contribution is -2.28. The Balaban J connectivity index is 1.65. The second kappa shape index (κ2) is 5.03. The first kappa shape index (κ1) is 12.2. The third-order valence-electron chi connectivity index (χ3n) is 4.00. The maximum absolute atomic E-state index is 11.8. The number of hydrogen-bond acceptors (Lipinski definition) is 2. The van der Waals surface area contributed by atoms with Gasteiger partial charge in [0.25, 0.3) is 0 Å². The van der Waals surface area contributed by atoms with Crippen molar-refractivity contribution in [2.75, 3.05) is 16.8 Å². The molecule has 1 aliphatic carbocycles. The van der Waals surface area contributed by atoms with Crippen LogP contribution in [-0.4, -0.2) is 18.4 Å². The minimum absolute atomic E-state index is 0.122. The lowest BCUT2D eigenvalue weighted by atomic mass is 9.85. The molecule has 3 rings (SSSR count). The van der Waals surface area contributed by atoms with E-state index in [4.69, 9.17) is 0 Å². The van der Waals surface area contributed by atoms with Crippen LogP contribution < -0.4 is 10.2 Å². The summed E-state index contributed by atoms with van der Waals surface area (Å²) in [5, 5.41) is 2.93. The van der Waals surface area contributed by atoms with Crippen molar-refractivity contribution in [1.29, 1.82) is 0 Å². The van der Waals surface area contributed by atoms with Crippen LogP contribution in [0.2, 0.25) is 0 Å². The molecule has 1 aromatic rings. The van der Waals surface area contributed by atoms with Gasteiger partial charge in [0.1, 0.15) is 0 Å². The van der Waals surface area contributed by atoms with E-state index in [1.54, 1.807) is 4.90 Å². The average molecular weight is 258 g/mol. The Morgan fingerprint density at radius 2 is 1.89 bits per heavy atom. The third-order valence-corrected chi connectivity index (χ3v) is 4.00. The molecule has 2 fully saturated rings. The van der Waals surface area contributed by atoms with E-state index >= 15 is 0 Å². The molecule has 0 radical (unpaired) electrons. The van der Waals surface area contributed by atoms with Crippen molar-refractivity contribution in [1.82, 2.24) is 0 Å². The van der Waals surface area contributed by atoms with Gasteiger partial charge in [0.05, 0.1) is 0 Å². The molecular formula is C15H18N2O2. The van der Waals surface area contributed by atoms with Gasteiger partial charge in [-0.15, -0.1) is 0 Å². The van der Waals surface area contributed by atoms with Crippen LogP contribution >= 0.6 is 0 Å². The molecule has 0 bridgehead atoms. The molecule has 2 amide bonds. The topological polar surface area (TPSA) is 49.4 Å². The number of benzene rings is 1. The van der Waals surface area contributed by atoms with Crippen LogP contribution in [0.25, 0.3) is 0 Å². The van der Waals surface area contributed by atoms with Gasteiger partial charge in [0, 0.05) is 30.3 Å². The molecule has 1 aliphatic heterocycles. The molecule has 0 spiro atoms. The first-order valence-corrected chi connectivity index (χ1v) is 6.95. The molecule has 4 nitrogen and oxygen atoms in total. The molecule has 1 saturated heterocycles. The van der Waals surface area contributed by atoms with Gasteiger partial charge in [-0.05, 0) is 43.5 Å². The highest BCUT2D eigenvalue weighted by Gasteiger charge is 2.25. The summed E-state index contributed by atoms with van der Waals surface area (Å²) < 4.78 is 0. The number of nitrogens with zero attached hydrogens (tertiary/aromatic N) is 1. The van der Waals surface area contributed by atoms with Crippen LogP contribution in [0.15, 0.2) is 24.3 Å². The summed E-state index contributed by atoms with van der Waals surface area (Å²) >= 11 is 0. The highest BCUT2D eigenvalue weighted by molar-refractivity contribution is 5.96. The Morgan fingerprint density at radius 1 is 1.16 bits per heavy atom. The van der Waals surface area contributed by atoms with Crippen LogP contribution in [-0.2, 0) is 9.59 Å². The van der Waals surface area contributed by atoms with Crippen LogP contribution in [0, 0.1) is 5.92 Å². The molecule has 0 unspecified atom stereocenters. The number of carbonyl (C=O) groups excluding carboxylic acids is 2. The monoisotopic (exact) mass is 258 g/mol. The summed E-state index contributed by atoms with van der Waals surface area (Å²) in [6.07, 6.45) is 4.74. The van der Waals surface area contributed by atoms with Gasteiger partial charge in [0.2, 0.25) is 11.8 Å². The summed E-state index contributed by atoms with van der Waals surface area (Å²) in [6, 6.07) is 7.55. The lowest BCUT2D eigenvalue weighted by Gasteiger charge is -2.24. The zero-order valence-electron chi connectivity index (χ0n) is 10.9. The number of anilines is 2. The van der Waals surface area contributed by atoms with E-state index in [-0.39, 0.29) is 17.7 Å². The van der Waals surface area contributed by atoms with Gasteiger partial charge in [-0.3, -0.25) is 9.59 Å². The van der Waals surface area contributed by atoms with Crippen molar-refractivity contribution >= 4 is 23.2 Å². The minimum Gasteiger partial charge on any atom is -0.326 e. The second-order valence-corrected chi connectivity index (χ2v) is 5.31. The summed E-state index contributed by atoms with van der Waals surface area (Å²) in [7, 11) is 0. The Labute approximate surface area is 112 Å². The lowest BCUT2D eigenvalue weighted by molar-refractivity contribution is -0.122. The number of rotatable bonds is 3. The standard InChI is InChI=1S/C15H18N2O2/c18-14-5-2-10-17(14)13-8-6-12(7-9-13)16-15(19)11-3-1-4-11/h6-9,11H,1-5,10H2,(H,16,19). The average Bonchev–Trinajstić information content (AvgIpc) is 2.74. The van der Waals surface area contributed by atoms with Crippen molar-refractivity contribution in [3.63, 3.8) is 0 Å².